The van der Waals surface area contributed by atoms with Crippen molar-refractivity contribution < 1.29 is 14.3 Å². The minimum Gasteiger partial charge on any atom is -0.495 e. The predicted octanol–water partition coefficient (Wildman–Crippen LogP) is 4.14. The van der Waals surface area contributed by atoms with Crippen LogP contribution in [0.15, 0.2) is 16.5 Å². The van der Waals surface area contributed by atoms with Crippen LogP contribution in [0, 0.1) is 6.92 Å². The van der Waals surface area contributed by atoms with Gasteiger partial charge in [0.05, 0.1) is 18.0 Å². The molecule has 28 heavy (non-hydrogen) atoms. The van der Waals surface area contributed by atoms with Crippen LogP contribution in [-0.2, 0) is 9.59 Å². The van der Waals surface area contributed by atoms with Crippen molar-refractivity contribution in [2.24, 2.45) is 0 Å². The van der Waals surface area contributed by atoms with E-state index in [1.165, 1.54) is 37.1 Å². The van der Waals surface area contributed by atoms with E-state index < -0.39 is 5.25 Å². The molecular formula is C18H21ClN4O3S2. The molecule has 1 fully saturated rings. The van der Waals surface area contributed by atoms with Crippen molar-refractivity contribution in [1.29, 1.82) is 0 Å². The number of nitrogens with one attached hydrogen (secondary N) is 1. The molecule has 0 radical (unpaired) electrons. The number of hydrogen-bond donors (Lipinski definition) is 1. The second-order valence-electron chi connectivity index (χ2n) is 6.52. The van der Waals surface area contributed by atoms with E-state index in [0.29, 0.717) is 25.9 Å². The molecule has 1 saturated carbocycles. The van der Waals surface area contributed by atoms with Crippen molar-refractivity contribution in [3.05, 3.63) is 22.7 Å². The van der Waals surface area contributed by atoms with Crippen LogP contribution in [-0.4, -0.2) is 40.4 Å². The standard InChI is InChI=1S/C18H21ClN4O3S2/c1-9-7-14(15(26-4)8-13(9)19)20-16(25)10(2)27-18-22-21-17(28-18)23(11(3)24)12-5-6-12/h7-8,10,12H,5-6H2,1-4H3,(H,20,25). The first-order valence-corrected chi connectivity index (χ1v) is 10.8. The van der Waals surface area contributed by atoms with Crippen molar-refractivity contribution in [3.63, 3.8) is 0 Å². The highest BCUT2D eigenvalue weighted by Gasteiger charge is 2.34. The minimum absolute atomic E-state index is 0.0359. The maximum Gasteiger partial charge on any atom is 0.237 e. The number of ether oxygens (including phenoxy) is 1. The smallest absolute Gasteiger partial charge is 0.237 e. The molecule has 1 N–H and O–H groups in total. The maximum atomic E-state index is 12.6. The Morgan fingerprint density at radius 2 is 2.11 bits per heavy atom. The van der Waals surface area contributed by atoms with Gasteiger partial charge in [-0.1, -0.05) is 34.7 Å². The highest BCUT2D eigenvalue weighted by atomic mass is 35.5. The van der Waals surface area contributed by atoms with Gasteiger partial charge in [-0.05, 0) is 38.3 Å². The van der Waals surface area contributed by atoms with Crippen LogP contribution in [0.5, 0.6) is 5.75 Å². The summed E-state index contributed by atoms with van der Waals surface area (Å²) in [5.74, 6) is 0.277. The van der Waals surface area contributed by atoms with Gasteiger partial charge in [0.2, 0.25) is 16.9 Å². The second-order valence-corrected chi connectivity index (χ2v) is 9.47. The van der Waals surface area contributed by atoms with Crippen LogP contribution in [0.3, 0.4) is 0 Å². The summed E-state index contributed by atoms with van der Waals surface area (Å²) in [6, 6.07) is 3.68. The molecule has 0 spiro atoms. The predicted molar refractivity (Wildman–Crippen MR) is 113 cm³/mol. The molecule has 0 bridgehead atoms. The summed E-state index contributed by atoms with van der Waals surface area (Å²) in [7, 11) is 1.53. The molecule has 0 aliphatic heterocycles. The van der Waals surface area contributed by atoms with E-state index in [-0.39, 0.29) is 17.9 Å². The van der Waals surface area contributed by atoms with Crippen molar-refractivity contribution in [2.45, 2.75) is 49.2 Å². The zero-order valence-electron chi connectivity index (χ0n) is 16.0. The van der Waals surface area contributed by atoms with Gasteiger partial charge in [-0.3, -0.25) is 14.5 Å². The van der Waals surface area contributed by atoms with Crippen LogP contribution in [0.2, 0.25) is 5.02 Å². The number of aryl methyl sites for hydroxylation is 1. The summed E-state index contributed by atoms with van der Waals surface area (Å²) in [5, 5.41) is 11.9. The molecule has 2 amide bonds. The Bertz CT molecular complexity index is 901. The molecule has 1 aromatic heterocycles. The first-order valence-electron chi connectivity index (χ1n) is 8.75. The zero-order chi connectivity index (χ0) is 20.4. The van der Waals surface area contributed by atoms with Crippen molar-refractivity contribution in [3.8, 4) is 5.75 Å². The number of carbonyl (C=O) groups excluding carboxylic acids is 2. The van der Waals surface area contributed by atoms with Crippen LogP contribution < -0.4 is 15.0 Å². The Hall–Kier alpha value is -1.84. The SMILES string of the molecule is COc1cc(Cl)c(C)cc1NC(=O)C(C)Sc1nnc(N(C(C)=O)C2CC2)s1. The summed E-state index contributed by atoms with van der Waals surface area (Å²) < 4.78 is 5.94. The number of nitrogens with zero attached hydrogens (tertiary/aromatic N) is 3. The van der Waals surface area contributed by atoms with E-state index in [4.69, 9.17) is 16.3 Å². The molecule has 10 heteroatoms. The van der Waals surface area contributed by atoms with Gasteiger partial charge in [0.25, 0.3) is 0 Å². The molecule has 3 rings (SSSR count). The Morgan fingerprint density at radius 1 is 1.39 bits per heavy atom. The van der Waals surface area contributed by atoms with Crippen LogP contribution >= 0.6 is 34.7 Å². The second kappa shape index (κ2) is 8.67. The van der Waals surface area contributed by atoms with Gasteiger partial charge in [0, 0.05) is 24.1 Å². The fourth-order valence-corrected chi connectivity index (χ4v) is 4.85. The zero-order valence-corrected chi connectivity index (χ0v) is 18.4. The number of hydrogen-bond acceptors (Lipinski definition) is 7. The number of halogens is 1. The molecule has 1 aromatic carbocycles. The summed E-state index contributed by atoms with van der Waals surface area (Å²) in [6.45, 7) is 5.18. The Balaban J connectivity index is 1.67. The quantitative estimate of drug-likeness (QED) is 0.514. The number of aromatic nitrogens is 2. The summed E-state index contributed by atoms with van der Waals surface area (Å²) in [4.78, 5) is 26.2. The van der Waals surface area contributed by atoms with E-state index in [1.807, 2.05) is 6.92 Å². The summed E-state index contributed by atoms with van der Waals surface area (Å²) >= 11 is 8.74. The van der Waals surface area contributed by atoms with E-state index in [0.717, 1.165) is 18.4 Å². The topological polar surface area (TPSA) is 84.4 Å². The van der Waals surface area contributed by atoms with E-state index >= 15 is 0 Å². The fourth-order valence-electron chi connectivity index (χ4n) is 2.60. The summed E-state index contributed by atoms with van der Waals surface area (Å²) in [5.41, 5.74) is 1.41. The van der Waals surface area contributed by atoms with Gasteiger partial charge in [0.1, 0.15) is 5.75 Å². The van der Waals surface area contributed by atoms with Gasteiger partial charge in [0.15, 0.2) is 4.34 Å². The van der Waals surface area contributed by atoms with Gasteiger partial charge >= 0.3 is 0 Å². The van der Waals surface area contributed by atoms with E-state index in [9.17, 15) is 9.59 Å². The van der Waals surface area contributed by atoms with Crippen LogP contribution in [0.1, 0.15) is 32.3 Å². The molecular weight excluding hydrogens is 420 g/mol. The van der Waals surface area contributed by atoms with Crippen LogP contribution in [0.4, 0.5) is 10.8 Å². The largest absolute Gasteiger partial charge is 0.495 e. The molecule has 1 atom stereocenters. The lowest BCUT2D eigenvalue weighted by atomic mass is 10.2. The molecule has 0 saturated heterocycles. The average Bonchev–Trinajstić information content (AvgIpc) is 3.36. The maximum absolute atomic E-state index is 12.6. The Morgan fingerprint density at radius 3 is 2.71 bits per heavy atom. The molecule has 1 unspecified atom stereocenters. The van der Waals surface area contributed by atoms with Gasteiger partial charge < -0.3 is 10.1 Å². The monoisotopic (exact) mass is 440 g/mol. The van der Waals surface area contributed by atoms with Gasteiger partial charge in [-0.25, -0.2) is 0 Å². The van der Waals surface area contributed by atoms with Crippen molar-refractivity contribution in [2.75, 3.05) is 17.3 Å². The molecule has 1 aliphatic rings. The number of thioether (sulfide) groups is 1. The Kier molecular flexibility index (Phi) is 6.47. The first-order chi connectivity index (χ1) is 13.3. The average molecular weight is 441 g/mol. The van der Waals surface area contributed by atoms with Crippen molar-refractivity contribution in [1.82, 2.24) is 10.2 Å². The normalized spacial score (nSPS) is 14.5. The number of anilines is 2. The first kappa shape index (κ1) is 20.9. The number of rotatable bonds is 7. The third-order valence-electron chi connectivity index (χ3n) is 4.24. The summed E-state index contributed by atoms with van der Waals surface area (Å²) in [6.07, 6.45) is 1.98. The highest BCUT2D eigenvalue weighted by molar-refractivity contribution is 8.02. The molecule has 1 heterocycles. The van der Waals surface area contributed by atoms with Crippen molar-refractivity contribution >= 4 is 57.3 Å². The number of carbonyl (C=O) groups is 2. The molecule has 1 aliphatic carbocycles. The fraction of sp³-hybridized carbons (Fsp3) is 0.444. The number of methoxy groups -OCH3 is 1. The van der Waals surface area contributed by atoms with Gasteiger partial charge in [-0.15, -0.1) is 10.2 Å². The highest BCUT2D eigenvalue weighted by Crippen LogP contribution is 2.37. The minimum atomic E-state index is -0.409. The third-order valence-corrected chi connectivity index (χ3v) is 6.75. The number of amides is 2. The number of benzene rings is 1. The lowest BCUT2D eigenvalue weighted by Crippen LogP contribution is -2.30. The Labute approximate surface area is 176 Å². The lowest BCUT2D eigenvalue weighted by molar-refractivity contribution is -0.117. The van der Waals surface area contributed by atoms with E-state index in [1.54, 1.807) is 24.0 Å². The molecule has 2 aromatic rings. The third kappa shape index (κ3) is 4.76. The lowest BCUT2D eigenvalue weighted by Gasteiger charge is -2.15. The van der Waals surface area contributed by atoms with Crippen LogP contribution in [0.25, 0.3) is 0 Å². The molecule has 7 nitrogen and oxygen atoms in total. The van der Waals surface area contributed by atoms with E-state index in [2.05, 4.69) is 15.5 Å². The van der Waals surface area contributed by atoms with Gasteiger partial charge in [-0.2, -0.15) is 0 Å². The molecule has 150 valence electrons.